The molecule has 0 aliphatic carbocycles. The van der Waals surface area contributed by atoms with E-state index >= 15 is 0 Å². The van der Waals surface area contributed by atoms with E-state index in [2.05, 4.69) is 0 Å². The van der Waals surface area contributed by atoms with Gasteiger partial charge in [0.15, 0.2) is 0 Å². The Morgan fingerprint density at radius 2 is 2.06 bits per heavy atom. The maximum Gasteiger partial charge on any atom is 0.410 e. The van der Waals surface area contributed by atoms with Crippen LogP contribution in [-0.4, -0.2) is 40.6 Å². The van der Waals surface area contributed by atoms with Gasteiger partial charge in [-0.2, -0.15) is 0 Å². The van der Waals surface area contributed by atoms with Crippen molar-refractivity contribution in [1.82, 2.24) is 4.90 Å². The Hall–Kier alpha value is -1.33. The van der Waals surface area contributed by atoms with Gasteiger partial charge in [-0.1, -0.05) is 6.92 Å². The van der Waals surface area contributed by atoms with Crippen LogP contribution >= 0.6 is 0 Å². The molecular formula is C11H20N2O4. The Labute approximate surface area is 101 Å². The monoisotopic (exact) mass is 244 g/mol. The third kappa shape index (κ3) is 3.87. The van der Waals surface area contributed by atoms with E-state index in [1.807, 2.05) is 6.92 Å². The van der Waals surface area contributed by atoms with Crippen LogP contribution in [0.25, 0.3) is 0 Å². The molecule has 1 aliphatic rings. The first-order valence-electron chi connectivity index (χ1n) is 5.82. The number of ether oxygens (including phenoxy) is 1. The van der Waals surface area contributed by atoms with Crippen molar-refractivity contribution >= 4 is 6.09 Å². The molecule has 0 saturated carbocycles. The summed E-state index contributed by atoms with van der Waals surface area (Å²) < 4.78 is 5.20. The average molecular weight is 244 g/mol. The highest BCUT2D eigenvalue weighted by molar-refractivity contribution is 5.68. The maximum absolute atomic E-state index is 11.8. The fourth-order valence-electron chi connectivity index (χ4n) is 1.82. The lowest BCUT2D eigenvalue weighted by molar-refractivity contribution is -0.534. The van der Waals surface area contributed by atoms with Crippen molar-refractivity contribution in [2.24, 2.45) is 5.92 Å². The van der Waals surface area contributed by atoms with Gasteiger partial charge in [-0.15, -0.1) is 0 Å². The van der Waals surface area contributed by atoms with Crippen molar-refractivity contribution < 1.29 is 14.5 Å². The van der Waals surface area contributed by atoms with Crippen LogP contribution in [0.2, 0.25) is 0 Å². The van der Waals surface area contributed by atoms with Gasteiger partial charge in [0.1, 0.15) is 5.60 Å². The number of hydrogen-bond donors (Lipinski definition) is 0. The van der Waals surface area contributed by atoms with Crippen molar-refractivity contribution in [3.63, 3.8) is 0 Å². The molecule has 0 N–H and O–H groups in total. The summed E-state index contributed by atoms with van der Waals surface area (Å²) in [6.45, 7) is 7.86. The number of carbonyl (C=O) groups excluding carboxylic acids is 1. The van der Waals surface area contributed by atoms with Crippen LogP contribution in [0, 0.1) is 16.0 Å². The molecule has 2 atom stereocenters. The second-order valence-corrected chi connectivity index (χ2v) is 5.55. The largest absolute Gasteiger partial charge is 0.444 e. The van der Waals surface area contributed by atoms with E-state index < -0.39 is 17.7 Å². The summed E-state index contributed by atoms with van der Waals surface area (Å²) in [5, 5.41) is 10.8. The predicted octanol–water partition coefficient (Wildman–Crippen LogP) is 1.91. The van der Waals surface area contributed by atoms with Crippen LogP contribution in [-0.2, 0) is 4.74 Å². The third-order valence-electron chi connectivity index (χ3n) is 2.84. The highest BCUT2D eigenvalue weighted by atomic mass is 16.6. The smallest absolute Gasteiger partial charge is 0.410 e. The second-order valence-electron chi connectivity index (χ2n) is 5.55. The molecule has 2 unspecified atom stereocenters. The molecule has 1 rings (SSSR count). The zero-order valence-corrected chi connectivity index (χ0v) is 10.8. The molecule has 1 fully saturated rings. The zero-order valence-electron chi connectivity index (χ0n) is 10.8. The van der Waals surface area contributed by atoms with Gasteiger partial charge < -0.3 is 9.64 Å². The minimum atomic E-state index is -0.684. The third-order valence-corrected chi connectivity index (χ3v) is 2.84. The lowest BCUT2D eigenvalue weighted by Gasteiger charge is -2.33. The molecule has 1 heterocycles. The number of rotatable bonds is 1. The number of carbonyl (C=O) groups is 1. The molecule has 0 aromatic rings. The van der Waals surface area contributed by atoms with Gasteiger partial charge in [0.2, 0.25) is 6.04 Å². The molecule has 1 aliphatic heterocycles. The van der Waals surface area contributed by atoms with E-state index in [1.54, 1.807) is 20.8 Å². The lowest BCUT2D eigenvalue weighted by Crippen LogP contribution is -2.50. The van der Waals surface area contributed by atoms with Crippen LogP contribution in [0.1, 0.15) is 34.1 Å². The van der Waals surface area contributed by atoms with Gasteiger partial charge >= 0.3 is 6.09 Å². The summed E-state index contributed by atoms with van der Waals surface area (Å²) >= 11 is 0. The van der Waals surface area contributed by atoms with Crippen LogP contribution in [0.4, 0.5) is 4.79 Å². The molecule has 0 aromatic carbocycles. The Kier molecular flexibility index (Phi) is 3.95. The molecule has 0 spiro atoms. The second kappa shape index (κ2) is 4.89. The molecule has 0 radical (unpaired) electrons. The number of nitrogens with zero attached hydrogens (tertiary/aromatic N) is 2. The first kappa shape index (κ1) is 13.7. The molecule has 1 saturated heterocycles. The van der Waals surface area contributed by atoms with Gasteiger partial charge in [0.25, 0.3) is 0 Å². The predicted molar refractivity (Wildman–Crippen MR) is 62.4 cm³/mol. The molecule has 1 amide bonds. The lowest BCUT2D eigenvalue weighted by atomic mass is 9.94. The minimum absolute atomic E-state index is 0.00341. The highest BCUT2D eigenvalue weighted by Gasteiger charge is 2.37. The normalized spacial score (nSPS) is 25.5. The number of amides is 1. The van der Waals surface area contributed by atoms with E-state index in [9.17, 15) is 14.9 Å². The molecule has 6 nitrogen and oxygen atoms in total. The summed E-state index contributed by atoms with van der Waals surface area (Å²) in [6, 6.07) is -0.684. The van der Waals surface area contributed by atoms with Crippen molar-refractivity contribution in [2.75, 3.05) is 13.1 Å². The molecule has 17 heavy (non-hydrogen) atoms. The van der Waals surface area contributed by atoms with Crippen molar-refractivity contribution in [1.29, 1.82) is 0 Å². The summed E-state index contributed by atoms with van der Waals surface area (Å²) in [6.07, 6.45) is 0.182. The zero-order chi connectivity index (χ0) is 13.2. The highest BCUT2D eigenvalue weighted by Crippen LogP contribution is 2.21. The van der Waals surface area contributed by atoms with Crippen LogP contribution in [0.5, 0.6) is 0 Å². The van der Waals surface area contributed by atoms with Crippen LogP contribution in [0.15, 0.2) is 0 Å². The molecule has 98 valence electrons. The average Bonchev–Trinajstić information content (AvgIpc) is 2.14. The topological polar surface area (TPSA) is 72.7 Å². The fraction of sp³-hybridized carbons (Fsp3) is 0.909. The van der Waals surface area contributed by atoms with E-state index in [4.69, 9.17) is 4.74 Å². The van der Waals surface area contributed by atoms with Gasteiger partial charge in [0.05, 0.1) is 6.54 Å². The molecule has 0 aromatic heterocycles. The summed E-state index contributed by atoms with van der Waals surface area (Å²) in [4.78, 5) is 23.7. The van der Waals surface area contributed by atoms with E-state index in [-0.39, 0.29) is 17.4 Å². The van der Waals surface area contributed by atoms with Crippen LogP contribution in [0.3, 0.4) is 0 Å². The number of nitro groups is 1. The minimum Gasteiger partial charge on any atom is -0.444 e. The van der Waals surface area contributed by atoms with Crippen molar-refractivity contribution in [3.05, 3.63) is 10.1 Å². The standard InChI is InChI=1S/C11H20N2O4/c1-8-5-6-12(7-9(8)13(15)16)10(14)17-11(2,3)4/h8-9H,5-7H2,1-4H3. The van der Waals surface area contributed by atoms with Crippen molar-refractivity contribution in [3.8, 4) is 0 Å². The van der Waals surface area contributed by atoms with E-state index in [1.165, 1.54) is 4.90 Å². The van der Waals surface area contributed by atoms with Gasteiger partial charge in [-0.25, -0.2) is 4.79 Å². The Morgan fingerprint density at radius 1 is 1.47 bits per heavy atom. The number of piperidine rings is 1. The van der Waals surface area contributed by atoms with Crippen LogP contribution < -0.4 is 0 Å². The number of hydrogen-bond acceptors (Lipinski definition) is 4. The Morgan fingerprint density at radius 3 is 2.53 bits per heavy atom. The quantitative estimate of drug-likeness (QED) is 0.521. The first-order valence-corrected chi connectivity index (χ1v) is 5.82. The number of likely N-dealkylation sites (tertiary alicyclic amines) is 1. The first-order chi connectivity index (χ1) is 7.70. The van der Waals surface area contributed by atoms with Gasteiger partial charge in [-0.3, -0.25) is 10.1 Å². The summed E-state index contributed by atoms with van der Waals surface area (Å²) in [7, 11) is 0. The fourth-order valence-corrected chi connectivity index (χ4v) is 1.82. The molecule has 0 bridgehead atoms. The summed E-state index contributed by atoms with van der Waals surface area (Å²) in [5.74, 6) is 0.00341. The van der Waals surface area contributed by atoms with Gasteiger partial charge in [-0.05, 0) is 27.2 Å². The SMILES string of the molecule is CC1CCN(C(=O)OC(C)(C)C)CC1[N+](=O)[O-]. The van der Waals surface area contributed by atoms with Crippen molar-refractivity contribution in [2.45, 2.75) is 45.8 Å². The summed E-state index contributed by atoms with van der Waals surface area (Å²) in [5.41, 5.74) is -0.565. The van der Waals surface area contributed by atoms with E-state index in [0.717, 1.165) is 0 Å². The molecular weight excluding hydrogens is 224 g/mol. The maximum atomic E-state index is 11.8. The molecule has 6 heteroatoms. The van der Waals surface area contributed by atoms with Gasteiger partial charge in [0, 0.05) is 17.4 Å². The Balaban J connectivity index is 2.62. The van der Waals surface area contributed by atoms with E-state index in [0.29, 0.717) is 13.0 Å². The Bertz CT molecular complexity index is 311.